The SMILES string of the molecule is CNc1ccc(S(=O)(=O)NC2CC2)cc1F. The monoisotopic (exact) mass is 244 g/mol. The molecule has 0 atom stereocenters. The molecule has 0 aliphatic heterocycles. The lowest BCUT2D eigenvalue weighted by molar-refractivity contribution is 0.577. The van der Waals surface area contributed by atoms with Gasteiger partial charge in [0.1, 0.15) is 5.82 Å². The standard InChI is InChI=1S/C10H13FN2O2S/c1-12-10-5-4-8(6-9(10)11)16(14,15)13-7-2-3-7/h4-7,12-13H,2-3H2,1H3. The summed E-state index contributed by atoms with van der Waals surface area (Å²) in [6, 6.07) is 3.85. The van der Waals surface area contributed by atoms with Gasteiger partial charge in [0.15, 0.2) is 0 Å². The average Bonchev–Trinajstić information content (AvgIpc) is 3.01. The Bertz CT molecular complexity index is 498. The van der Waals surface area contributed by atoms with E-state index in [4.69, 9.17) is 0 Å². The van der Waals surface area contributed by atoms with Crippen LogP contribution in [0, 0.1) is 5.82 Å². The molecule has 6 heteroatoms. The van der Waals surface area contributed by atoms with Gasteiger partial charge in [-0.25, -0.2) is 17.5 Å². The quantitative estimate of drug-likeness (QED) is 0.839. The Balaban J connectivity index is 2.29. The lowest BCUT2D eigenvalue weighted by Gasteiger charge is -2.07. The zero-order valence-corrected chi connectivity index (χ0v) is 9.64. The van der Waals surface area contributed by atoms with E-state index < -0.39 is 15.8 Å². The van der Waals surface area contributed by atoms with Gasteiger partial charge in [0.25, 0.3) is 0 Å². The van der Waals surface area contributed by atoms with Gasteiger partial charge in [-0.2, -0.15) is 0 Å². The Morgan fingerprint density at radius 1 is 1.38 bits per heavy atom. The zero-order chi connectivity index (χ0) is 11.8. The van der Waals surface area contributed by atoms with Crippen LogP contribution in [0.25, 0.3) is 0 Å². The number of hydrogen-bond acceptors (Lipinski definition) is 3. The molecule has 0 heterocycles. The van der Waals surface area contributed by atoms with E-state index in [1.165, 1.54) is 12.1 Å². The van der Waals surface area contributed by atoms with E-state index in [0.717, 1.165) is 18.9 Å². The molecule has 88 valence electrons. The molecular formula is C10H13FN2O2S. The number of anilines is 1. The van der Waals surface area contributed by atoms with E-state index in [0.29, 0.717) is 0 Å². The van der Waals surface area contributed by atoms with Crippen LogP contribution in [0.5, 0.6) is 0 Å². The molecule has 1 saturated carbocycles. The van der Waals surface area contributed by atoms with E-state index in [-0.39, 0.29) is 16.6 Å². The Morgan fingerprint density at radius 2 is 2.06 bits per heavy atom. The Hall–Kier alpha value is -1.14. The van der Waals surface area contributed by atoms with Crippen molar-refractivity contribution in [3.8, 4) is 0 Å². The highest BCUT2D eigenvalue weighted by molar-refractivity contribution is 7.89. The number of hydrogen-bond donors (Lipinski definition) is 2. The maximum Gasteiger partial charge on any atom is 0.240 e. The van der Waals surface area contributed by atoms with Gasteiger partial charge in [0.05, 0.1) is 10.6 Å². The van der Waals surface area contributed by atoms with Crippen LogP contribution in [0.4, 0.5) is 10.1 Å². The summed E-state index contributed by atoms with van der Waals surface area (Å²) in [5.41, 5.74) is 0.283. The van der Waals surface area contributed by atoms with Crippen LogP contribution in [0.3, 0.4) is 0 Å². The predicted molar refractivity (Wildman–Crippen MR) is 59.3 cm³/mol. The summed E-state index contributed by atoms with van der Waals surface area (Å²) >= 11 is 0. The third kappa shape index (κ3) is 2.33. The van der Waals surface area contributed by atoms with Crippen molar-refractivity contribution in [3.05, 3.63) is 24.0 Å². The molecule has 1 aliphatic rings. The fraction of sp³-hybridized carbons (Fsp3) is 0.400. The van der Waals surface area contributed by atoms with Crippen LogP contribution in [-0.4, -0.2) is 21.5 Å². The zero-order valence-electron chi connectivity index (χ0n) is 8.83. The van der Waals surface area contributed by atoms with Crippen LogP contribution < -0.4 is 10.0 Å². The van der Waals surface area contributed by atoms with E-state index in [1.54, 1.807) is 7.05 Å². The lowest BCUT2D eigenvalue weighted by atomic mass is 10.3. The van der Waals surface area contributed by atoms with Gasteiger partial charge in [-0.05, 0) is 31.0 Å². The molecule has 1 aromatic rings. The van der Waals surface area contributed by atoms with Crippen molar-refractivity contribution in [3.63, 3.8) is 0 Å². The first-order chi connectivity index (χ1) is 7.53. The van der Waals surface area contributed by atoms with E-state index >= 15 is 0 Å². The molecule has 0 saturated heterocycles. The second-order valence-electron chi connectivity index (χ2n) is 3.79. The molecule has 0 amide bonds. The van der Waals surface area contributed by atoms with Crippen molar-refractivity contribution in [2.75, 3.05) is 12.4 Å². The minimum Gasteiger partial charge on any atom is -0.386 e. The fourth-order valence-corrected chi connectivity index (χ4v) is 2.67. The van der Waals surface area contributed by atoms with Crippen molar-refractivity contribution < 1.29 is 12.8 Å². The smallest absolute Gasteiger partial charge is 0.240 e. The largest absolute Gasteiger partial charge is 0.386 e. The molecule has 1 aromatic carbocycles. The molecule has 2 rings (SSSR count). The summed E-state index contributed by atoms with van der Waals surface area (Å²) in [5, 5.41) is 2.64. The first-order valence-corrected chi connectivity index (χ1v) is 6.51. The molecule has 16 heavy (non-hydrogen) atoms. The normalized spacial score (nSPS) is 16.1. The van der Waals surface area contributed by atoms with Crippen LogP contribution >= 0.6 is 0 Å². The number of benzene rings is 1. The molecule has 1 fully saturated rings. The first-order valence-electron chi connectivity index (χ1n) is 5.02. The van der Waals surface area contributed by atoms with Crippen LogP contribution in [0.15, 0.2) is 23.1 Å². The van der Waals surface area contributed by atoms with Crippen LogP contribution in [0.1, 0.15) is 12.8 Å². The molecule has 0 unspecified atom stereocenters. The molecule has 1 aliphatic carbocycles. The molecular weight excluding hydrogens is 231 g/mol. The van der Waals surface area contributed by atoms with Gasteiger partial charge in [0.2, 0.25) is 10.0 Å². The molecule has 0 spiro atoms. The van der Waals surface area contributed by atoms with Gasteiger partial charge < -0.3 is 5.32 Å². The van der Waals surface area contributed by atoms with Crippen molar-refractivity contribution >= 4 is 15.7 Å². The first kappa shape index (κ1) is 11.3. The molecule has 0 bridgehead atoms. The summed E-state index contributed by atoms with van der Waals surface area (Å²) in [5.74, 6) is -0.568. The fourth-order valence-electron chi connectivity index (χ4n) is 1.35. The lowest BCUT2D eigenvalue weighted by Crippen LogP contribution is -2.25. The minimum absolute atomic E-state index is 0.0250. The highest BCUT2D eigenvalue weighted by Crippen LogP contribution is 2.23. The second kappa shape index (κ2) is 4.03. The number of halogens is 1. The highest BCUT2D eigenvalue weighted by Gasteiger charge is 2.28. The topological polar surface area (TPSA) is 58.2 Å². The summed E-state index contributed by atoms with van der Waals surface area (Å²) in [6.45, 7) is 0. The Labute approximate surface area is 93.9 Å². The maximum absolute atomic E-state index is 13.4. The molecule has 4 nitrogen and oxygen atoms in total. The van der Waals surface area contributed by atoms with Gasteiger partial charge >= 0.3 is 0 Å². The number of rotatable bonds is 4. The summed E-state index contributed by atoms with van der Waals surface area (Å²) in [4.78, 5) is -0.0316. The third-order valence-electron chi connectivity index (χ3n) is 2.42. The van der Waals surface area contributed by atoms with Crippen molar-refractivity contribution in [2.24, 2.45) is 0 Å². The van der Waals surface area contributed by atoms with Crippen LogP contribution in [-0.2, 0) is 10.0 Å². The minimum atomic E-state index is -3.56. The van der Waals surface area contributed by atoms with E-state index in [1.807, 2.05) is 0 Å². The maximum atomic E-state index is 13.4. The average molecular weight is 244 g/mol. The van der Waals surface area contributed by atoms with Gasteiger partial charge in [0, 0.05) is 13.1 Å². The Kier molecular flexibility index (Phi) is 2.86. The molecule has 0 radical (unpaired) electrons. The second-order valence-corrected chi connectivity index (χ2v) is 5.50. The summed E-state index contributed by atoms with van der Waals surface area (Å²) < 4.78 is 39.3. The van der Waals surface area contributed by atoms with Gasteiger partial charge in [-0.3, -0.25) is 0 Å². The predicted octanol–water partition coefficient (Wildman–Crippen LogP) is 1.31. The van der Waals surface area contributed by atoms with Gasteiger partial charge in [-0.15, -0.1) is 0 Å². The molecule has 2 N–H and O–H groups in total. The Morgan fingerprint density at radius 3 is 2.56 bits per heavy atom. The number of sulfonamides is 1. The van der Waals surface area contributed by atoms with E-state index in [2.05, 4.69) is 10.0 Å². The van der Waals surface area contributed by atoms with Crippen molar-refractivity contribution in [2.45, 2.75) is 23.8 Å². The summed E-state index contributed by atoms with van der Waals surface area (Å²) in [6.07, 6.45) is 1.71. The van der Waals surface area contributed by atoms with Crippen molar-refractivity contribution in [1.29, 1.82) is 0 Å². The highest BCUT2D eigenvalue weighted by atomic mass is 32.2. The third-order valence-corrected chi connectivity index (χ3v) is 3.94. The van der Waals surface area contributed by atoms with E-state index in [9.17, 15) is 12.8 Å². The molecule has 0 aromatic heterocycles. The van der Waals surface area contributed by atoms with Crippen molar-refractivity contribution in [1.82, 2.24) is 4.72 Å². The number of nitrogens with one attached hydrogen (secondary N) is 2. The summed E-state index contributed by atoms with van der Waals surface area (Å²) in [7, 11) is -1.98. The van der Waals surface area contributed by atoms with Crippen LogP contribution in [0.2, 0.25) is 0 Å². The van der Waals surface area contributed by atoms with Gasteiger partial charge in [-0.1, -0.05) is 0 Å².